The van der Waals surface area contributed by atoms with Crippen LogP contribution in [-0.4, -0.2) is 13.2 Å². The van der Waals surface area contributed by atoms with E-state index in [1.807, 2.05) is 13.0 Å². The second-order valence-corrected chi connectivity index (χ2v) is 4.82. The van der Waals surface area contributed by atoms with Crippen molar-refractivity contribution >= 4 is 0 Å². The number of ether oxygens (including phenoxy) is 1. The van der Waals surface area contributed by atoms with Gasteiger partial charge in [0.05, 0.1) is 6.61 Å². The standard InChI is InChI=1S/C17H27NO/c1-5-11-18-17(12-14(4)6-2)15-9-8-10-16(13-15)19-7-3/h8-10,13,17-18H,4-7,11-12H2,1-3H3. The van der Waals surface area contributed by atoms with Crippen molar-refractivity contribution in [3.8, 4) is 5.75 Å². The first-order valence-corrected chi connectivity index (χ1v) is 7.34. The van der Waals surface area contributed by atoms with Crippen LogP contribution in [0.4, 0.5) is 0 Å². The first-order valence-electron chi connectivity index (χ1n) is 7.34. The predicted molar refractivity (Wildman–Crippen MR) is 82.7 cm³/mol. The minimum absolute atomic E-state index is 0.341. The van der Waals surface area contributed by atoms with E-state index in [4.69, 9.17) is 4.74 Å². The molecule has 106 valence electrons. The van der Waals surface area contributed by atoms with E-state index in [-0.39, 0.29) is 0 Å². The fourth-order valence-electron chi connectivity index (χ4n) is 2.05. The molecule has 2 nitrogen and oxygen atoms in total. The summed E-state index contributed by atoms with van der Waals surface area (Å²) in [6, 6.07) is 8.72. The van der Waals surface area contributed by atoms with Crippen LogP contribution in [0.3, 0.4) is 0 Å². The molecule has 0 spiro atoms. The summed E-state index contributed by atoms with van der Waals surface area (Å²) < 4.78 is 5.58. The Hall–Kier alpha value is -1.28. The third-order valence-corrected chi connectivity index (χ3v) is 3.21. The topological polar surface area (TPSA) is 21.3 Å². The Labute approximate surface area is 117 Å². The lowest BCUT2D eigenvalue weighted by atomic mass is 9.98. The number of nitrogens with one attached hydrogen (secondary N) is 1. The monoisotopic (exact) mass is 261 g/mol. The smallest absolute Gasteiger partial charge is 0.119 e. The third-order valence-electron chi connectivity index (χ3n) is 3.21. The summed E-state index contributed by atoms with van der Waals surface area (Å²) in [6.45, 7) is 12.2. The van der Waals surface area contributed by atoms with Crippen LogP contribution < -0.4 is 10.1 Å². The zero-order valence-corrected chi connectivity index (χ0v) is 12.5. The number of benzene rings is 1. The van der Waals surface area contributed by atoms with E-state index in [1.54, 1.807) is 0 Å². The largest absolute Gasteiger partial charge is 0.494 e. The maximum Gasteiger partial charge on any atom is 0.119 e. The highest BCUT2D eigenvalue weighted by atomic mass is 16.5. The molecule has 0 aliphatic carbocycles. The van der Waals surface area contributed by atoms with Gasteiger partial charge in [-0.3, -0.25) is 0 Å². The molecule has 1 aromatic carbocycles. The molecule has 0 fully saturated rings. The van der Waals surface area contributed by atoms with E-state index >= 15 is 0 Å². The van der Waals surface area contributed by atoms with Gasteiger partial charge in [-0.25, -0.2) is 0 Å². The van der Waals surface area contributed by atoms with Gasteiger partial charge in [0.2, 0.25) is 0 Å². The molecule has 0 aliphatic heterocycles. The van der Waals surface area contributed by atoms with Crippen LogP contribution in [0.5, 0.6) is 5.75 Å². The molecule has 1 unspecified atom stereocenters. The summed E-state index contributed by atoms with van der Waals surface area (Å²) in [5.41, 5.74) is 2.57. The van der Waals surface area contributed by atoms with Crippen molar-refractivity contribution in [3.63, 3.8) is 0 Å². The van der Waals surface area contributed by atoms with Gasteiger partial charge >= 0.3 is 0 Å². The van der Waals surface area contributed by atoms with Gasteiger partial charge < -0.3 is 10.1 Å². The molecule has 0 amide bonds. The first-order chi connectivity index (χ1) is 9.21. The SMILES string of the molecule is C=C(CC)CC(NCCC)c1cccc(OCC)c1. The Morgan fingerprint density at radius 1 is 1.32 bits per heavy atom. The fourth-order valence-corrected chi connectivity index (χ4v) is 2.05. The Bertz CT molecular complexity index is 387. The van der Waals surface area contributed by atoms with Crippen LogP contribution >= 0.6 is 0 Å². The summed E-state index contributed by atoms with van der Waals surface area (Å²) >= 11 is 0. The summed E-state index contributed by atoms with van der Waals surface area (Å²) in [5, 5.41) is 3.60. The van der Waals surface area contributed by atoms with Crippen molar-refractivity contribution in [1.29, 1.82) is 0 Å². The third kappa shape index (κ3) is 5.48. The minimum Gasteiger partial charge on any atom is -0.494 e. The summed E-state index contributed by atoms with van der Waals surface area (Å²) in [4.78, 5) is 0. The normalized spacial score (nSPS) is 12.2. The Balaban J connectivity index is 2.82. The van der Waals surface area contributed by atoms with Gasteiger partial charge in [-0.05, 0) is 50.4 Å². The van der Waals surface area contributed by atoms with Crippen LogP contribution in [0.1, 0.15) is 51.6 Å². The molecule has 1 N–H and O–H groups in total. The molecule has 19 heavy (non-hydrogen) atoms. The summed E-state index contributed by atoms with van der Waals surface area (Å²) in [7, 11) is 0. The van der Waals surface area contributed by atoms with Crippen LogP contribution in [0.25, 0.3) is 0 Å². The van der Waals surface area contributed by atoms with Gasteiger partial charge in [0, 0.05) is 6.04 Å². The maximum atomic E-state index is 5.58. The van der Waals surface area contributed by atoms with Gasteiger partial charge in [0.15, 0.2) is 0 Å². The van der Waals surface area contributed by atoms with Crippen molar-refractivity contribution < 1.29 is 4.74 Å². The van der Waals surface area contributed by atoms with E-state index < -0.39 is 0 Å². The highest BCUT2D eigenvalue weighted by Gasteiger charge is 2.12. The maximum absolute atomic E-state index is 5.58. The van der Waals surface area contributed by atoms with E-state index in [0.717, 1.165) is 31.6 Å². The zero-order chi connectivity index (χ0) is 14.1. The fraction of sp³-hybridized carbons (Fsp3) is 0.529. The Kier molecular flexibility index (Phi) is 7.27. The molecule has 0 aliphatic rings. The van der Waals surface area contributed by atoms with Gasteiger partial charge in [-0.1, -0.05) is 38.1 Å². The highest BCUT2D eigenvalue weighted by Crippen LogP contribution is 2.25. The summed E-state index contributed by atoms with van der Waals surface area (Å²) in [5.74, 6) is 0.949. The van der Waals surface area contributed by atoms with Gasteiger partial charge in [-0.15, -0.1) is 0 Å². The van der Waals surface area contributed by atoms with E-state index in [0.29, 0.717) is 12.6 Å². The van der Waals surface area contributed by atoms with Crippen molar-refractivity contribution in [2.24, 2.45) is 0 Å². The molecule has 1 rings (SSSR count). The van der Waals surface area contributed by atoms with Crippen molar-refractivity contribution in [2.75, 3.05) is 13.2 Å². The molecular weight excluding hydrogens is 234 g/mol. The van der Waals surface area contributed by atoms with Crippen LogP contribution in [0.2, 0.25) is 0 Å². The van der Waals surface area contributed by atoms with Crippen molar-refractivity contribution in [3.05, 3.63) is 42.0 Å². The second-order valence-electron chi connectivity index (χ2n) is 4.82. The summed E-state index contributed by atoms with van der Waals surface area (Å²) in [6.07, 6.45) is 3.17. The molecule has 2 heteroatoms. The number of rotatable bonds is 9. The first kappa shape index (κ1) is 15.8. The molecule has 1 aromatic rings. The van der Waals surface area contributed by atoms with E-state index in [2.05, 4.69) is 43.9 Å². The Morgan fingerprint density at radius 2 is 2.11 bits per heavy atom. The van der Waals surface area contributed by atoms with Gasteiger partial charge in [-0.2, -0.15) is 0 Å². The molecule has 0 radical (unpaired) electrons. The van der Waals surface area contributed by atoms with Crippen molar-refractivity contribution in [1.82, 2.24) is 5.32 Å². The van der Waals surface area contributed by atoms with E-state index in [1.165, 1.54) is 11.1 Å². The quantitative estimate of drug-likeness (QED) is 0.662. The molecule has 0 saturated carbocycles. The van der Waals surface area contributed by atoms with Crippen LogP contribution in [-0.2, 0) is 0 Å². The van der Waals surface area contributed by atoms with Crippen LogP contribution in [0.15, 0.2) is 36.4 Å². The molecular formula is C17H27NO. The Morgan fingerprint density at radius 3 is 2.74 bits per heavy atom. The average Bonchev–Trinajstić information content (AvgIpc) is 2.43. The van der Waals surface area contributed by atoms with Crippen LogP contribution in [0, 0.1) is 0 Å². The minimum atomic E-state index is 0.341. The van der Waals surface area contributed by atoms with Gasteiger partial charge in [0.25, 0.3) is 0 Å². The molecule has 0 saturated heterocycles. The lowest BCUT2D eigenvalue weighted by molar-refractivity contribution is 0.339. The van der Waals surface area contributed by atoms with E-state index in [9.17, 15) is 0 Å². The highest BCUT2D eigenvalue weighted by molar-refractivity contribution is 5.31. The zero-order valence-electron chi connectivity index (χ0n) is 12.5. The lowest BCUT2D eigenvalue weighted by Crippen LogP contribution is -2.22. The molecule has 1 atom stereocenters. The lowest BCUT2D eigenvalue weighted by Gasteiger charge is -2.20. The second kappa shape index (κ2) is 8.76. The number of hydrogen-bond donors (Lipinski definition) is 1. The predicted octanol–water partition coefficient (Wildman–Crippen LogP) is 4.48. The molecule has 0 aromatic heterocycles. The number of hydrogen-bond acceptors (Lipinski definition) is 2. The average molecular weight is 261 g/mol. The van der Waals surface area contributed by atoms with Crippen molar-refractivity contribution in [2.45, 2.75) is 46.1 Å². The van der Waals surface area contributed by atoms with Gasteiger partial charge in [0.1, 0.15) is 5.75 Å². The molecule has 0 bridgehead atoms. The molecule has 0 heterocycles.